The molecule has 0 aliphatic heterocycles. The zero-order chi connectivity index (χ0) is 33.2. The number of amides is 2. The highest BCUT2D eigenvalue weighted by Crippen LogP contribution is 2.27. The van der Waals surface area contributed by atoms with Gasteiger partial charge in [0.15, 0.2) is 0 Å². The number of hydrogen-bond donors (Lipinski definition) is 1. The van der Waals surface area contributed by atoms with Crippen LogP contribution in [0.3, 0.4) is 0 Å². The SMILES string of the molecule is CCOc1ccc(N(CC(=O)N(Cc2ccc(C)cc2)C(Cc2ccccc2)C(=O)NC2CCCC2)S(=O)(=O)c2ccccc2)cc1. The summed E-state index contributed by atoms with van der Waals surface area (Å²) < 4.78 is 35.0. The number of ether oxygens (including phenoxy) is 1. The monoisotopic (exact) mass is 653 g/mol. The van der Waals surface area contributed by atoms with Gasteiger partial charge in [-0.2, -0.15) is 0 Å². The van der Waals surface area contributed by atoms with Crippen LogP contribution in [0.15, 0.2) is 114 Å². The van der Waals surface area contributed by atoms with E-state index in [1.165, 1.54) is 12.1 Å². The molecule has 1 N–H and O–H groups in total. The highest BCUT2D eigenvalue weighted by atomic mass is 32.2. The van der Waals surface area contributed by atoms with E-state index in [4.69, 9.17) is 4.74 Å². The van der Waals surface area contributed by atoms with E-state index >= 15 is 0 Å². The maximum absolute atomic E-state index is 14.6. The van der Waals surface area contributed by atoms with Crippen LogP contribution >= 0.6 is 0 Å². The molecule has 9 heteroatoms. The second-order valence-corrected chi connectivity index (χ2v) is 13.8. The lowest BCUT2D eigenvalue weighted by Gasteiger charge is -2.34. The molecule has 1 unspecified atom stereocenters. The van der Waals surface area contributed by atoms with Crippen molar-refractivity contribution in [2.75, 3.05) is 17.5 Å². The number of nitrogens with zero attached hydrogens (tertiary/aromatic N) is 2. The molecule has 8 nitrogen and oxygen atoms in total. The van der Waals surface area contributed by atoms with Gasteiger partial charge in [-0.15, -0.1) is 0 Å². The van der Waals surface area contributed by atoms with E-state index in [2.05, 4.69) is 5.32 Å². The Morgan fingerprint density at radius 1 is 0.830 bits per heavy atom. The smallest absolute Gasteiger partial charge is 0.264 e. The topological polar surface area (TPSA) is 96.0 Å². The van der Waals surface area contributed by atoms with Crippen LogP contribution in [-0.2, 0) is 32.6 Å². The molecule has 0 heterocycles. The molecule has 0 radical (unpaired) electrons. The molecular weight excluding hydrogens is 611 g/mol. The number of benzene rings is 4. The zero-order valence-corrected chi connectivity index (χ0v) is 27.9. The number of anilines is 1. The average Bonchev–Trinajstić information content (AvgIpc) is 3.60. The molecule has 1 fully saturated rings. The van der Waals surface area contributed by atoms with Crippen molar-refractivity contribution in [2.45, 2.75) is 69.5 Å². The molecule has 1 atom stereocenters. The molecule has 0 aromatic heterocycles. The van der Waals surface area contributed by atoms with Gasteiger partial charge in [0.1, 0.15) is 18.3 Å². The van der Waals surface area contributed by atoms with Crippen LogP contribution in [0.4, 0.5) is 5.69 Å². The molecule has 4 aromatic carbocycles. The molecule has 47 heavy (non-hydrogen) atoms. The summed E-state index contributed by atoms with van der Waals surface area (Å²) in [5.74, 6) is -0.131. The van der Waals surface area contributed by atoms with Crippen LogP contribution in [0.2, 0.25) is 0 Å². The zero-order valence-electron chi connectivity index (χ0n) is 27.0. The third-order valence-corrected chi connectivity index (χ3v) is 10.3. The van der Waals surface area contributed by atoms with Gasteiger partial charge >= 0.3 is 0 Å². The van der Waals surface area contributed by atoms with Gasteiger partial charge in [-0.05, 0) is 74.2 Å². The van der Waals surface area contributed by atoms with Gasteiger partial charge in [-0.25, -0.2) is 8.42 Å². The molecule has 2 amide bonds. The van der Waals surface area contributed by atoms with Crippen molar-refractivity contribution < 1.29 is 22.7 Å². The van der Waals surface area contributed by atoms with Crippen LogP contribution in [-0.4, -0.2) is 50.4 Å². The molecule has 4 aromatic rings. The van der Waals surface area contributed by atoms with Crippen molar-refractivity contribution in [3.05, 3.63) is 126 Å². The Bertz CT molecular complexity index is 1710. The molecular formula is C38H43N3O5S. The number of carbonyl (C=O) groups is 2. The first-order valence-corrected chi connectivity index (χ1v) is 17.7. The number of rotatable bonds is 14. The summed E-state index contributed by atoms with van der Waals surface area (Å²) in [7, 11) is -4.17. The second-order valence-electron chi connectivity index (χ2n) is 12.0. The Morgan fingerprint density at radius 3 is 2.06 bits per heavy atom. The highest BCUT2D eigenvalue weighted by molar-refractivity contribution is 7.92. The summed E-state index contributed by atoms with van der Waals surface area (Å²) in [6.45, 7) is 3.96. The van der Waals surface area contributed by atoms with Crippen LogP contribution < -0.4 is 14.4 Å². The maximum Gasteiger partial charge on any atom is 0.264 e. The van der Waals surface area contributed by atoms with Gasteiger partial charge in [-0.1, -0.05) is 91.2 Å². The van der Waals surface area contributed by atoms with Crippen molar-refractivity contribution in [2.24, 2.45) is 0 Å². The fourth-order valence-electron chi connectivity index (χ4n) is 5.94. The van der Waals surface area contributed by atoms with Crippen molar-refractivity contribution in [3.8, 4) is 5.75 Å². The Balaban J connectivity index is 1.55. The molecule has 0 spiro atoms. The summed E-state index contributed by atoms with van der Waals surface area (Å²) >= 11 is 0. The van der Waals surface area contributed by atoms with Gasteiger partial charge in [0.25, 0.3) is 10.0 Å². The summed E-state index contributed by atoms with van der Waals surface area (Å²) in [6, 6.07) is 31.3. The molecule has 5 rings (SSSR count). The van der Waals surface area contributed by atoms with Crippen molar-refractivity contribution in [3.63, 3.8) is 0 Å². The fourth-order valence-corrected chi connectivity index (χ4v) is 7.37. The van der Waals surface area contributed by atoms with E-state index in [0.29, 0.717) is 18.0 Å². The lowest BCUT2D eigenvalue weighted by molar-refractivity contribution is -0.140. The minimum atomic E-state index is -4.17. The third kappa shape index (κ3) is 8.80. The Kier molecular flexibility index (Phi) is 11.3. The summed E-state index contributed by atoms with van der Waals surface area (Å²) in [5.41, 5.74) is 3.13. The first kappa shape index (κ1) is 33.7. The predicted octanol–water partition coefficient (Wildman–Crippen LogP) is 6.29. The molecule has 1 aliphatic carbocycles. The first-order chi connectivity index (χ1) is 22.7. The Hall–Kier alpha value is -4.63. The number of nitrogens with one attached hydrogen (secondary N) is 1. The molecule has 1 saturated carbocycles. The van der Waals surface area contributed by atoms with Gasteiger partial charge in [0.2, 0.25) is 11.8 Å². The standard InChI is InChI=1S/C38H43N3O5S/c1-3-46-34-24-22-33(23-25-34)41(47(44,45)35-16-8-5-9-17-35)28-37(42)40(27-31-20-18-29(2)19-21-31)36(26-30-12-6-4-7-13-30)38(43)39-32-14-10-11-15-32/h4-9,12-13,16-25,32,36H,3,10-11,14-15,26-28H2,1-2H3,(H,39,43). The molecule has 246 valence electrons. The van der Waals surface area contributed by atoms with Crippen molar-refractivity contribution in [1.82, 2.24) is 10.2 Å². The quantitative estimate of drug-likeness (QED) is 0.173. The van der Waals surface area contributed by atoms with E-state index in [1.807, 2.05) is 68.4 Å². The van der Waals surface area contributed by atoms with E-state index < -0.39 is 28.5 Å². The Labute approximate surface area is 278 Å². The third-order valence-electron chi connectivity index (χ3n) is 8.49. The second kappa shape index (κ2) is 15.8. The summed E-state index contributed by atoms with van der Waals surface area (Å²) in [5, 5.41) is 3.21. The lowest BCUT2D eigenvalue weighted by Crippen LogP contribution is -2.54. The van der Waals surface area contributed by atoms with E-state index in [9.17, 15) is 18.0 Å². The van der Waals surface area contributed by atoms with E-state index in [1.54, 1.807) is 47.4 Å². The Morgan fingerprint density at radius 2 is 1.45 bits per heavy atom. The average molecular weight is 654 g/mol. The van der Waals surface area contributed by atoms with Crippen LogP contribution in [0.5, 0.6) is 5.75 Å². The summed E-state index contributed by atoms with van der Waals surface area (Å²) in [4.78, 5) is 30.4. The number of sulfonamides is 1. The number of carbonyl (C=O) groups excluding carboxylic acids is 2. The van der Waals surface area contributed by atoms with Gasteiger partial charge < -0.3 is 15.0 Å². The molecule has 0 bridgehead atoms. The minimum Gasteiger partial charge on any atom is -0.494 e. The highest BCUT2D eigenvalue weighted by Gasteiger charge is 2.35. The number of aryl methyl sites for hydroxylation is 1. The largest absolute Gasteiger partial charge is 0.494 e. The fraction of sp³-hybridized carbons (Fsp3) is 0.316. The van der Waals surface area contributed by atoms with Gasteiger partial charge in [0.05, 0.1) is 17.2 Å². The van der Waals surface area contributed by atoms with Crippen molar-refractivity contribution in [1.29, 1.82) is 0 Å². The molecule has 0 saturated heterocycles. The molecule has 1 aliphatic rings. The van der Waals surface area contributed by atoms with Gasteiger partial charge in [0, 0.05) is 19.0 Å². The van der Waals surface area contributed by atoms with Gasteiger partial charge in [-0.3, -0.25) is 13.9 Å². The normalized spacial score (nSPS) is 13.9. The van der Waals surface area contributed by atoms with Crippen molar-refractivity contribution >= 4 is 27.5 Å². The van der Waals surface area contributed by atoms with E-state index in [-0.39, 0.29) is 29.8 Å². The van der Waals surface area contributed by atoms with Crippen LogP contribution in [0, 0.1) is 6.92 Å². The summed E-state index contributed by atoms with van der Waals surface area (Å²) in [6.07, 6.45) is 4.18. The number of hydrogen-bond acceptors (Lipinski definition) is 5. The minimum absolute atomic E-state index is 0.0518. The lowest BCUT2D eigenvalue weighted by atomic mass is 10.0. The van der Waals surface area contributed by atoms with Crippen LogP contribution in [0.1, 0.15) is 49.3 Å². The van der Waals surface area contributed by atoms with Crippen LogP contribution in [0.25, 0.3) is 0 Å². The maximum atomic E-state index is 14.6. The predicted molar refractivity (Wildman–Crippen MR) is 185 cm³/mol. The van der Waals surface area contributed by atoms with E-state index in [0.717, 1.165) is 46.7 Å². The first-order valence-electron chi connectivity index (χ1n) is 16.2.